The number of rotatable bonds is 6. The fourth-order valence-electron chi connectivity index (χ4n) is 2.77. The molecule has 142 valence electrons. The second-order valence-electron chi connectivity index (χ2n) is 6.62. The van der Waals surface area contributed by atoms with E-state index in [4.69, 9.17) is 5.11 Å². The summed E-state index contributed by atoms with van der Waals surface area (Å²) in [4.78, 5) is 38.0. The molecule has 2 atom stereocenters. The lowest BCUT2D eigenvalue weighted by atomic mass is 10.1. The van der Waals surface area contributed by atoms with Crippen molar-refractivity contribution < 1.29 is 19.5 Å². The largest absolute Gasteiger partial charge is 0.481 e. The molecular weight excluding hydrogens is 336 g/mol. The zero-order chi connectivity index (χ0) is 19.3. The highest BCUT2D eigenvalue weighted by molar-refractivity contribution is 5.92. The molecule has 0 spiro atoms. The molecule has 26 heavy (non-hydrogen) atoms. The van der Waals surface area contributed by atoms with Crippen LogP contribution in [0.1, 0.15) is 31.9 Å². The van der Waals surface area contributed by atoms with Crippen molar-refractivity contribution in [1.29, 1.82) is 0 Å². The van der Waals surface area contributed by atoms with Crippen LogP contribution in [-0.4, -0.2) is 54.7 Å². The zero-order valence-corrected chi connectivity index (χ0v) is 15.4. The fourth-order valence-corrected chi connectivity index (χ4v) is 2.77. The van der Waals surface area contributed by atoms with Gasteiger partial charge in [0.25, 0.3) is 0 Å². The predicted molar refractivity (Wildman–Crippen MR) is 98.2 cm³/mol. The maximum atomic E-state index is 12.2. The molecular formula is C18H26N4O4. The van der Waals surface area contributed by atoms with Gasteiger partial charge in [0.15, 0.2) is 0 Å². The molecule has 4 amide bonds. The van der Waals surface area contributed by atoms with E-state index in [9.17, 15) is 14.4 Å². The summed E-state index contributed by atoms with van der Waals surface area (Å²) in [6, 6.07) is 6.81. The molecule has 8 nitrogen and oxygen atoms in total. The molecule has 0 aromatic heterocycles. The van der Waals surface area contributed by atoms with Crippen molar-refractivity contribution in [3.8, 4) is 0 Å². The second kappa shape index (κ2) is 8.55. The quantitative estimate of drug-likeness (QED) is 0.720. The van der Waals surface area contributed by atoms with Crippen LogP contribution in [0.25, 0.3) is 0 Å². The van der Waals surface area contributed by atoms with E-state index in [1.54, 1.807) is 18.9 Å². The van der Waals surface area contributed by atoms with E-state index in [2.05, 4.69) is 10.6 Å². The van der Waals surface area contributed by atoms with Gasteiger partial charge in [0.05, 0.1) is 12.0 Å². The molecule has 1 aliphatic rings. The number of benzene rings is 1. The molecule has 1 heterocycles. The Morgan fingerprint density at radius 1 is 1.31 bits per heavy atom. The Hall–Kier alpha value is -2.77. The average molecular weight is 362 g/mol. The summed E-state index contributed by atoms with van der Waals surface area (Å²) in [7, 11) is 1.57. The third kappa shape index (κ3) is 4.87. The minimum Gasteiger partial charge on any atom is -0.481 e. The first-order valence-electron chi connectivity index (χ1n) is 8.69. The number of hydrogen-bond acceptors (Lipinski definition) is 3. The molecule has 1 fully saturated rings. The number of amides is 4. The van der Waals surface area contributed by atoms with Crippen LogP contribution >= 0.6 is 0 Å². The van der Waals surface area contributed by atoms with Gasteiger partial charge in [-0.1, -0.05) is 19.1 Å². The van der Waals surface area contributed by atoms with Gasteiger partial charge in [-0.3, -0.25) is 9.69 Å². The molecule has 0 aliphatic carbocycles. The number of carboxylic acid groups (broad SMARTS) is 1. The van der Waals surface area contributed by atoms with E-state index in [-0.39, 0.29) is 24.6 Å². The number of urea groups is 2. The third-order valence-corrected chi connectivity index (χ3v) is 4.44. The number of carbonyl (C=O) groups is 3. The summed E-state index contributed by atoms with van der Waals surface area (Å²) in [6.45, 7) is 4.94. The van der Waals surface area contributed by atoms with Gasteiger partial charge < -0.3 is 20.6 Å². The van der Waals surface area contributed by atoms with Crippen LogP contribution in [0.15, 0.2) is 24.3 Å². The second-order valence-corrected chi connectivity index (χ2v) is 6.62. The van der Waals surface area contributed by atoms with E-state index in [1.165, 1.54) is 4.90 Å². The minimum absolute atomic E-state index is 0.0977. The van der Waals surface area contributed by atoms with Gasteiger partial charge >= 0.3 is 18.0 Å². The van der Waals surface area contributed by atoms with Crippen molar-refractivity contribution in [2.75, 3.05) is 31.6 Å². The summed E-state index contributed by atoms with van der Waals surface area (Å²) >= 11 is 0. The van der Waals surface area contributed by atoms with Crippen molar-refractivity contribution in [3.05, 3.63) is 29.8 Å². The topological polar surface area (TPSA) is 102 Å². The number of carbonyl (C=O) groups excluding carboxylic acids is 2. The van der Waals surface area contributed by atoms with Gasteiger partial charge in [0, 0.05) is 32.4 Å². The highest BCUT2D eigenvalue weighted by Crippen LogP contribution is 2.21. The first kappa shape index (κ1) is 19.6. The van der Waals surface area contributed by atoms with Crippen LogP contribution in [0.4, 0.5) is 15.3 Å². The van der Waals surface area contributed by atoms with Crippen LogP contribution in [0.3, 0.4) is 0 Å². The van der Waals surface area contributed by atoms with Crippen molar-refractivity contribution in [2.24, 2.45) is 5.92 Å². The Bertz CT molecular complexity index is 662. The third-order valence-electron chi connectivity index (χ3n) is 4.44. The lowest BCUT2D eigenvalue weighted by Gasteiger charge is -2.28. The SMILES string of the molecule is CC(CN(C)C(=O)NC(C)c1ccc(N2CCCNC2=O)cc1)C(=O)O. The Labute approximate surface area is 153 Å². The predicted octanol–water partition coefficient (Wildman–Crippen LogP) is 2.03. The molecule has 1 aliphatic heterocycles. The molecule has 2 rings (SSSR count). The van der Waals surface area contributed by atoms with Crippen LogP contribution < -0.4 is 15.5 Å². The molecule has 8 heteroatoms. The Kier molecular flexibility index (Phi) is 6.43. The van der Waals surface area contributed by atoms with Crippen molar-refractivity contribution >= 4 is 23.7 Å². The van der Waals surface area contributed by atoms with Gasteiger partial charge in [-0.2, -0.15) is 0 Å². The maximum Gasteiger partial charge on any atom is 0.321 e. The maximum absolute atomic E-state index is 12.2. The van der Waals surface area contributed by atoms with Gasteiger partial charge in [0.2, 0.25) is 0 Å². The Morgan fingerprint density at radius 3 is 2.54 bits per heavy atom. The number of anilines is 1. The summed E-state index contributed by atoms with van der Waals surface area (Å²) in [5.74, 6) is -1.56. The van der Waals surface area contributed by atoms with E-state index in [0.29, 0.717) is 13.1 Å². The summed E-state index contributed by atoms with van der Waals surface area (Å²) in [6.07, 6.45) is 0.904. The van der Waals surface area contributed by atoms with Crippen LogP contribution in [0.5, 0.6) is 0 Å². The highest BCUT2D eigenvalue weighted by atomic mass is 16.4. The fraction of sp³-hybridized carbons (Fsp3) is 0.500. The number of nitrogens with one attached hydrogen (secondary N) is 2. The number of nitrogens with zero attached hydrogens (tertiary/aromatic N) is 2. The molecule has 1 aromatic carbocycles. The monoisotopic (exact) mass is 362 g/mol. The Balaban J connectivity index is 1.94. The molecule has 1 aromatic rings. The molecule has 0 saturated carbocycles. The van der Waals surface area contributed by atoms with Crippen molar-refractivity contribution in [2.45, 2.75) is 26.3 Å². The number of aliphatic carboxylic acids is 1. The number of carboxylic acids is 1. The van der Waals surface area contributed by atoms with E-state index < -0.39 is 11.9 Å². The number of hydrogen-bond donors (Lipinski definition) is 3. The van der Waals surface area contributed by atoms with E-state index in [1.807, 2.05) is 31.2 Å². The average Bonchev–Trinajstić information content (AvgIpc) is 2.62. The first-order valence-corrected chi connectivity index (χ1v) is 8.69. The van der Waals surface area contributed by atoms with Crippen LogP contribution in [0.2, 0.25) is 0 Å². The Morgan fingerprint density at radius 2 is 1.96 bits per heavy atom. The normalized spacial score (nSPS) is 16.4. The summed E-state index contributed by atoms with van der Waals surface area (Å²) in [5.41, 5.74) is 1.72. The van der Waals surface area contributed by atoms with Crippen LogP contribution in [-0.2, 0) is 4.79 Å². The molecule has 3 N–H and O–H groups in total. The lowest BCUT2D eigenvalue weighted by Crippen LogP contribution is -2.46. The first-order chi connectivity index (χ1) is 12.3. The van der Waals surface area contributed by atoms with Gasteiger partial charge in [-0.25, -0.2) is 9.59 Å². The van der Waals surface area contributed by atoms with Crippen molar-refractivity contribution in [3.63, 3.8) is 0 Å². The van der Waals surface area contributed by atoms with Gasteiger partial charge in [-0.05, 0) is 31.0 Å². The standard InChI is InChI=1S/C18H26N4O4/c1-12(16(23)24)11-21(3)18(26)20-13(2)14-5-7-15(8-6-14)22-10-4-9-19-17(22)25/h5-8,12-13H,4,9-11H2,1-3H3,(H,19,25)(H,20,26)(H,23,24). The molecule has 1 saturated heterocycles. The summed E-state index contributed by atoms with van der Waals surface area (Å²) in [5, 5.41) is 14.6. The highest BCUT2D eigenvalue weighted by Gasteiger charge is 2.21. The van der Waals surface area contributed by atoms with Crippen LogP contribution in [0, 0.1) is 5.92 Å². The van der Waals surface area contributed by atoms with Gasteiger partial charge in [0.1, 0.15) is 0 Å². The minimum atomic E-state index is -0.935. The van der Waals surface area contributed by atoms with Gasteiger partial charge in [-0.15, -0.1) is 0 Å². The molecule has 0 bridgehead atoms. The summed E-state index contributed by atoms with van der Waals surface area (Å²) < 4.78 is 0. The molecule has 2 unspecified atom stereocenters. The van der Waals surface area contributed by atoms with E-state index >= 15 is 0 Å². The zero-order valence-electron chi connectivity index (χ0n) is 15.4. The van der Waals surface area contributed by atoms with Crippen molar-refractivity contribution in [1.82, 2.24) is 15.5 Å². The van der Waals surface area contributed by atoms with E-state index in [0.717, 1.165) is 17.7 Å². The smallest absolute Gasteiger partial charge is 0.321 e. The molecule has 0 radical (unpaired) electrons. The lowest BCUT2D eigenvalue weighted by molar-refractivity contribution is -0.141.